The number of nitrogens with one attached hydrogen (secondary N) is 1. The van der Waals surface area contributed by atoms with Gasteiger partial charge in [-0.25, -0.2) is 0 Å². The predicted octanol–water partition coefficient (Wildman–Crippen LogP) is 2.89. The lowest BCUT2D eigenvalue weighted by molar-refractivity contribution is -0.146. The molecule has 0 aromatic carbocycles. The Morgan fingerprint density at radius 2 is 2.19 bits per heavy atom. The zero-order valence-corrected chi connectivity index (χ0v) is 10.3. The van der Waals surface area contributed by atoms with Gasteiger partial charge in [0.2, 0.25) is 0 Å². The number of rotatable bonds is 3. The average molecular weight is 239 g/mol. The molecule has 4 heteroatoms. The van der Waals surface area contributed by atoms with Crippen LogP contribution in [0.2, 0.25) is 0 Å². The largest absolute Gasteiger partial charge is 0.469 e. The number of methoxy groups -OCH3 is 1. The monoisotopic (exact) mass is 239 g/mol. The Morgan fingerprint density at radius 1 is 1.44 bits per heavy atom. The number of carbonyl (C=O) groups is 1. The van der Waals surface area contributed by atoms with Crippen LogP contribution in [-0.4, -0.2) is 19.1 Å². The first-order valence-corrected chi connectivity index (χ1v) is 6.55. The maximum atomic E-state index is 11.3. The highest BCUT2D eigenvalue weighted by molar-refractivity contribution is 7.14. The van der Waals surface area contributed by atoms with E-state index in [-0.39, 0.29) is 11.9 Å². The molecule has 88 valence electrons. The maximum Gasteiger partial charge on any atom is 0.308 e. The number of carbonyl (C=O) groups excluding carboxylic acids is 1. The summed E-state index contributed by atoms with van der Waals surface area (Å²) in [7, 11) is 1.47. The van der Waals surface area contributed by atoms with Crippen molar-refractivity contribution in [1.82, 2.24) is 0 Å². The summed E-state index contributed by atoms with van der Waals surface area (Å²) in [5, 5.41) is 6.80. The minimum atomic E-state index is -0.0467. The van der Waals surface area contributed by atoms with Crippen molar-refractivity contribution < 1.29 is 9.53 Å². The third kappa shape index (κ3) is 2.76. The minimum absolute atomic E-state index is 0.0467. The van der Waals surface area contributed by atoms with Gasteiger partial charge in [-0.1, -0.05) is 0 Å². The molecule has 0 radical (unpaired) electrons. The van der Waals surface area contributed by atoms with Gasteiger partial charge >= 0.3 is 5.97 Å². The summed E-state index contributed by atoms with van der Waals surface area (Å²) >= 11 is 1.73. The molecule has 1 heterocycles. The number of hydrogen-bond acceptors (Lipinski definition) is 4. The second-order valence-corrected chi connectivity index (χ2v) is 5.14. The molecule has 1 aliphatic carbocycles. The van der Waals surface area contributed by atoms with Crippen LogP contribution in [0.4, 0.5) is 5.00 Å². The topological polar surface area (TPSA) is 38.3 Å². The van der Waals surface area contributed by atoms with Gasteiger partial charge < -0.3 is 10.1 Å². The molecule has 1 aliphatic rings. The number of ether oxygens (including phenoxy) is 1. The molecule has 0 amide bonds. The summed E-state index contributed by atoms with van der Waals surface area (Å²) in [6.07, 6.45) is 3.99. The Labute approximate surface area is 99.8 Å². The molecule has 1 saturated carbocycles. The molecule has 1 aromatic rings. The molecule has 0 atom stereocenters. The summed E-state index contributed by atoms with van der Waals surface area (Å²) in [6, 6.07) is 4.66. The van der Waals surface area contributed by atoms with E-state index in [9.17, 15) is 4.79 Å². The second kappa shape index (κ2) is 5.34. The van der Waals surface area contributed by atoms with E-state index in [0.717, 1.165) is 25.7 Å². The van der Waals surface area contributed by atoms with Gasteiger partial charge in [0.1, 0.15) is 0 Å². The number of hydrogen-bond donors (Lipinski definition) is 1. The molecular formula is C12H17NO2S. The van der Waals surface area contributed by atoms with Gasteiger partial charge in [-0.2, -0.15) is 0 Å². The van der Waals surface area contributed by atoms with E-state index in [0.29, 0.717) is 6.04 Å². The molecule has 2 rings (SSSR count). The Bertz CT molecular complexity index is 329. The normalized spacial score (nSPS) is 25.1. The minimum Gasteiger partial charge on any atom is -0.469 e. The van der Waals surface area contributed by atoms with Crippen LogP contribution in [-0.2, 0) is 9.53 Å². The number of esters is 1. The Kier molecular flexibility index (Phi) is 3.83. The van der Waals surface area contributed by atoms with Crippen LogP contribution in [0.3, 0.4) is 0 Å². The van der Waals surface area contributed by atoms with E-state index in [1.807, 2.05) is 6.07 Å². The first-order chi connectivity index (χ1) is 7.79. The second-order valence-electron chi connectivity index (χ2n) is 4.19. The third-order valence-electron chi connectivity index (χ3n) is 3.13. The first kappa shape index (κ1) is 11.5. The summed E-state index contributed by atoms with van der Waals surface area (Å²) in [5.41, 5.74) is 0. The van der Waals surface area contributed by atoms with E-state index in [1.54, 1.807) is 11.3 Å². The quantitative estimate of drug-likeness (QED) is 0.824. The van der Waals surface area contributed by atoms with Crippen LogP contribution in [0.15, 0.2) is 17.5 Å². The smallest absolute Gasteiger partial charge is 0.308 e. The Morgan fingerprint density at radius 3 is 2.75 bits per heavy atom. The summed E-state index contributed by atoms with van der Waals surface area (Å²) < 4.78 is 4.77. The van der Waals surface area contributed by atoms with Crippen molar-refractivity contribution in [3.63, 3.8) is 0 Å². The van der Waals surface area contributed by atoms with Gasteiger partial charge in [0, 0.05) is 6.04 Å². The lowest BCUT2D eigenvalue weighted by Gasteiger charge is -2.27. The Hall–Kier alpha value is -1.03. The van der Waals surface area contributed by atoms with Crippen LogP contribution >= 0.6 is 11.3 Å². The van der Waals surface area contributed by atoms with Crippen molar-refractivity contribution in [3.8, 4) is 0 Å². The first-order valence-electron chi connectivity index (χ1n) is 5.67. The van der Waals surface area contributed by atoms with Gasteiger partial charge in [0.25, 0.3) is 0 Å². The van der Waals surface area contributed by atoms with Crippen molar-refractivity contribution in [2.24, 2.45) is 5.92 Å². The molecular weight excluding hydrogens is 222 g/mol. The molecule has 0 unspecified atom stereocenters. The fourth-order valence-corrected chi connectivity index (χ4v) is 2.90. The molecule has 3 nitrogen and oxygen atoms in total. The van der Waals surface area contributed by atoms with Crippen LogP contribution in [0, 0.1) is 5.92 Å². The standard InChI is InChI=1S/C12H17NO2S/c1-15-12(14)9-4-6-10(7-5-9)13-11-3-2-8-16-11/h2-3,8-10,13H,4-7H2,1H3. The highest BCUT2D eigenvalue weighted by atomic mass is 32.1. The summed E-state index contributed by atoms with van der Waals surface area (Å²) in [5.74, 6) is 0.0703. The highest BCUT2D eigenvalue weighted by Crippen LogP contribution is 2.28. The van der Waals surface area contributed by atoms with Gasteiger partial charge in [-0.05, 0) is 43.2 Å². The molecule has 16 heavy (non-hydrogen) atoms. The third-order valence-corrected chi connectivity index (χ3v) is 3.93. The van der Waals surface area contributed by atoms with E-state index in [1.165, 1.54) is 12.1 Å². The van der Waals surface area contributed by atoms with Gasteiger partial charge in [-0.15, -0.1) is 11.3 Å². The van der Waals surface area contributed by atoms with Crippen LogP contribution in [0.25, 0.3) is 0 Å². The SMILES string of the molecule is COC(=O)C1CCC(Nc2cccs2)CC1. The van der Waals surface area contributed by atoms with Crippen LogP contribution < -0.4 is 5.32 Å². The average Bonchev–Trinajstić information content (AvgIpc) is 2.82. The zero-order valence-electron chi connectivity index (χ0n) is 9.44. The number of anilines is 1. The van der Waals surface area contributed by atoms with Crippen molar-refractivity contribution in [2.45, 2.75) is 31.7 Å². The Balaban J connectivity index is 1.79. The fraction of sp³-hybridized carbons (Fsp3) is 0.583. The molecule has 1 N–H and O–H groups in total. The molecule has 0 spiro atoms. The molecule has 1 aromatic heterocycles. The van der Waals surface area contributed by atoms with Crippen LogP contribution in [0.1, 0.15) is 25.7 Å². The lowest BCUT2D eigenvalue weighted by atomic mass is 9.86. The lowest BCUT2D eigenvalue weighted by Crippen LogP contribution is -2.29. The molecule has 0 aliphatic heterocycles. The fourth-order valence-electron chi connectivity index (χ4n) is 2.20. The van der Waals surface area contributed by atoms with Crippen molar-refractivity contribution in [2.75, 3.05) is 12.4 Å². The van der Waals surface area contributed by atoms with Crippen molar-refractivity contribution in [1.29, 1.82) is 0 Å². The molecule has 1 fully saturated rings. The highest BCUT2D eigenvalue weighted by Gasteiger charge is 2.26. The van der Waals surface area contributed by atoms with Crippen molar-refractivity contribution >= 4 is 22.3 Å². The molecule has 0 bridgehead atoms. The van der Waals surface area contributed by atoms with Crippen molar-refractivity contribution in [3.05, 3.63) is 17.5 Å². The van der Waals surface area contributed by atoms with E-state index in [4.69, 9.17) is 4.74 Å². The zero-order chi connectivity index (χ0) is 11.4. The van der Waals surface area contributed by atoms with E-state index in [2.05, 4.69) is 16.8 Å². The number of thiophene rings is 1. The van der Waals surface area contributed by atoms with Gasteiger partial charge in [0.05, 0.1) is 18.0 Å². The van der Waals surface area contributed by atoms with E-state index >= 15 is 0 Å². The van der Waals surface area contributed by atoms with Gasteiger partial charge in [-0.3, -0.25) is 4.79 Å². The maximum absolute atomic E-state index is 11.3. The van der Waals surface area contributed by atoms with Gasteiger partial charge in [0.15, 0.2) is 0 Å². The molecule has 0 saturated heterocycles. The summed E-state index contributed by atoms with van der Waals surface area (Å²) in [4.78, 5) is 11.3. The predicted molar refractivity (Wildman–Crippen MR) is 65.7 cm³/mol. The van der Waals surface area contributed by atoms with Crippen LogP contribution in [0.5, 0.6) is 0 Å². The summed E-state index contributed by atoms with van der Waals surface area (Å²) in [6.45, 7) is 0. The van der Waals surface area contributed by atoms with E-state index < -0.39 is 0 Å².